The van der Waals surface area contributed by atoms with Gasteiger partial charge in [0.25, 0.3) is 0 Å². The van der Waals surface area contributed by atoms with Crippen molar-refractivity contribution in [2.24, 2.45) is 0 Å². The van der Waals surface area contributed by atoms with Gasteiger partial charge in [0, 0.05) is 5.02 Å². The van der Waals surface area contributed by atoms with Gasteiger partial charge in [0.05, 0.1) is 15.5 Å². The number of hydrogen-bond donors (Lipinski definition) is 0. The van der Waals surface area contributed by atoms with Crippen LogP contribution in [0.25, 0.3) is 0 Å². The highest BCUT2D eigenvalue weighted by Crippen LogP contribution is 2.23. The van der Waals surface area contributed by atoms with Gasteiger partial charge in [0.2, 0.25) is 0 Å². The van der Waals surface area contributed by atoms with Crippen molar-refractivity contribution in [1.29, 1.82) is 0 Å². The fourth-order valence-corrected chi connectivity index (χ4v) is 5.86. The second-order valence-corrected chi connectivity index (χ2v) is 9.89. The van der Waals surface area contributed by atoms with Gasteiger partial charge in [-0.1, -0.05) is 29.8 Å². The third-order valence-electron chi connectivity index (χ3n) is 2.93. The first-order valence-electron chi connectivity index (χ1n) is 6.15. The monoisotopic (exact) mass is 378 g/mol. The minimum atomic E-state index is -3.93. The molecule has 2 aromatic carbocycles. The molecule has 0 bridgehead atoms. The Kier molecular flexibility index (Phi) is 5.17. The maximum Gasteiger partial charge on any atom is 0.196 e. The van der Waals surface area contributed by atoms with Crippen LogP contribution in [0.15, 0.2) is 64.4 Å². The molecule has 0 aliphatic rings. The van der Waals surface area contributed by atoms with Crippen LogP contribution in [0.1, 0.15) is 0 Å². The fourth-order valence-electron chi connectivity index (χ4n) is 1.76. The molecule has 0 spiro atoms. The summed E-state index contributed by atoms with van der Waals surface area (Å²) in [6, 6.07) is 13.0. The van der Waals surface area contributed by atoms with E-state index in [-0.39, 0.29) is 9.79 Å². The lowest BCUT2D eigenvalue weighted by atomic mass is 10.4. The number of benzene rings is 2. The average molecular weight is 379 g/mol. The van der Waals surface area contributed by atoms with Crippen LogP contribution in [0.2, 0.25) is 5.02 Å². The summed E-state index contributed by atoms with van der Waals surface area (Å²) in [5.74, 6) is -0.715. The van der Waals surface area contributed by atoms with Crippen LogP contribution in [0.5, 0.6) is 0 Å². The van der Waals surface area contributed by atoms with E-state index in [0.717, 1.165) is 0 Å². The molecule has 0 aliphatic heterocycles. The van der Waals surface area contributed by atoms with Gasteiger partial charge < -0.3 is 0 Å². The third-order valence-corrected chi connectivity index (χ3v) is 7.97. The van der Waals surface area contributed by atoms with E-state index in [1.54, 1.807) is 18.2 Å². The Balaban J connectivity index is 2.28. The number of alkyl halides is 1. The standard InChI is InChI=1S/C14H12Cl2O4S2/c15-11-6-8-12(9-7-11)21(17,18)10-14(16)22(19,20)13-4-2-1-3-5-13/h1-9,14H,10H2. The average Bonchev–Trinajstić information content (AvgIpc) is 2.48. The summed E-state index contributed by atoms with van der Waals surface area (Å²) in [6.07, 6.45) is 0. The first-order chi connectivity index (χ1) is 10.2. The molecule has 8 heteroatoms. The molecule has 0 aromatic heterocycles. The summed E-state index contributed by atoms with van der Waals surface area (Å²) in [6.45, 7) is 0. The van der Waals surface area contributed by atoms with Crippen LogP contribution in [0.3, 0.4) is 0 Å². The summed E-state index contributed by atoms with van der Waals surface area (Å²) in [5, 5.41) is 0.387. The molecule has 2 rings (SSSR count). The highest BCUT2D eigenvalue weighted by Gasteiger charge is 2.31. The SMILES string of the molecule is O=S(=O)(CC(Cl)S(=O)(=O)c1ccccc1)c1ccc(Cl)cc1. The van der Waals surface area contributed by atoms with E-state index in [4.69, 9.17) is 23.2 Å². The molecule has 0 radical (unpaired) electrons. The molecule has 0 N–H and O–H groups in total. The maximum atomic E-state index is 12.3. The smallest absolute Gasteiger partial charge is 0.196 e. The van der Waals surface area contributed by atoms with Crippen molar-refractivity contribution in [3.8, 4) is 0 Å². The van der Waals surface area contributed by atoms with Crippen molar-refractivity contribution in [3.63, 3.8) is 0 Å². The first kappa shape index (κ1) is 17.3. The minimum absolute atomic E-state index is 0.0127. The normalized spacial score (nSPS) is 13.7. The molecule has 1 unspecified atom stereocenters. The third kappa shape index (κ3) is 3.81. The van der Waals surface area contributed by atoms with Gasteiger partial charge in [-0.15, -0.1) is 11.6 Å². The highest BCUT2D eigenvalue weighted by molar-refractivity contribution is 7.96. The van der Waals surface area contributed by atoms with Gasteiger partial charge in [-0.05, 0) is 36.4 Å². The van der Waals surface area contributed by atoms with Crippen LogP contribution in [-0.4, -0.2) is 27.3 Å². The maximum absolute atomic E-state index is 12.3. The van der Waals surface area contributed by atoms with Gasteiger partial charge in [-0.3, -0.25) is 0 Å². The quantitative estimate of drug-likeness (QED) is 0.749. The van der Waals surface area contributed by atoms with Crippen molar-refractivity contribution in [2.45, 2.75) is 14.5 Å². The predicted octanol–water partition coefficient (Wildman–Crippen LogP) is 3.15. The molecular weight excluding hydrogens is 367 g/mol. The van der Waals surface area contributed by atoms with E-state index in [9.17, 15) is 16.8 Å². The van der Waals surface area contributed by atoms with Crippen LogP contribution in [-0.2, 0) is 19.7 Å². The number of rotatable bonds is 5. The Labute approximate surface area is 139 Å². The summed E-state index contributed by atoms with van der Waals surface area (Å²) >= 11 is 11.6. The molecule has 1 atom stereocenters. The fraction of sp³-hybridized carbons (Fsp3) is 0.143. The second kappa shape index (κ2) is 6.58. The Morgan fingerprint density at radius 2 is 1.36 bits per heavy atom. The molecule has 0 heterocycles. The molecule has 0 aliphatic carbocycles. The lowest BCUT2D eigenvalue weighted by Gasteiger charge is -2.12. The summed E-state index contributed by atoms with van der Waals surface area (Å²) < 4.78 is 47.5. The van der Waals surface area contributed by atoms with Gasteiger partial charge in [-0.25, -0.2) is 16.8 Å². The molecule has 0 fully saturated rings. The molecule has 4 nitrogen and oxygen atoms in total. The van der Waals surface area contributed by atoms with Crippen molar-refractivity contribution in [2.75, 3.05) is 5.75 Å². The molecule has 22 heavy (non-hydrogen) atoms. The van der Waals surface area contributed by atoms with Crippen LogP contribution in [0, 0.1) is 0 Å². The van der Waals surface area contributed by atoms with Crippen molar-refractivity contribution in [3.05, 3.63) is 59.6 Å². The Bertz CT molecular complexity index is 845. The van der Waals surface area contributed by atoms with E-state index < -0.39 is 30.1 Å². The van der Waals surface area contributed by atoms with Gasteiger partial charge >= 0.3 is 0 Å². The van der Waals surface area contributed by atoms with E-state index in [0.29, 0.717) is 5.02 Å². The van der Waals surface area contributed by atoms with Crippen LogP contribution < -0.4 is 0 Å². The van der Waals surface area contributed by atoms with E-state index >= 15 is 0 Å². The second-order valence-electron chi connectivity index (χ2n) is 4.50. The largest absolute Gasteiger partial charge is 0.224 e. The van der Waals surface area contributed by atoms with Gasteiger partial charge in [0.1, 0.15) is 0 Å². The number of sulfone groups is 2. The van der Waals surface area contributed by atoms with E-state index in [2.05, 4.69) is 0 Å². The molecule has 0 saturated heterocycles. The van der Waals surface area contributed by atoms with Crippen LogP contribution in [0.4, 0.5) is 0 Å². The lowest BCUT2D eigenvalue weighted by Crippen LogP contribution is -2.25. The number of halogens is 2. The lowest BCUT2D eigenvalue weighted by molar-refractivity contribution is 0.584. The van der Waals surface area contributed by atoms with E-state index in [1.807, 2.05) is 0 Å². The van der Waals surface area contributed by atoms with Crippen molar-refractivity contribution < 1.29 is 16.8 Å². The molecule has 0 amide bonds. The summed E-state index contributed by atoms with van der Waals surface area (Å²) in [4.78, 5) is -0.0351. The predicted molar refractivity (Wildman–Crippen MR) is 86.8 cm³/mol. The zero-order valence-corrected chi connectivity index (χ0v) is 14.3. The molecule has 0 saturated carbocycles. The van der Waals surface area contributed by atoms with Crippen molar-refractivity contribution in [1.82, 2.24) is 0 Å². The zero-order chi connectivity index (χ0) is 16.4. The molecule has 2 aromatic rings. The summed E-state index contributed by atoms with van der Waals surface area (Å²) in [5.41, 5.74) is 0. The van der Waals surface area contributed by atoms with Crippen LogP contribution >= 0.6 is 23.2 Å². The van der Waals surface area contributed by atoms with Crippen molar-refractivity contribution >= 4 is 42.9 Å². The van der Waals surface area contributed by atoms with E-state index in [1.165, 1.54) is 36.4 Å². The molecule has 118 valence electrons. The minimum Gasteiger partial charge on any atom is -0.224 e. The Morgan fingerprint density at radius 3 is 1.91 bits per heavy atom. The number of hydrogen-bond acceptors (Lipinski definition) is 4. The zero-order valence-electron chi connectivity index (χ0n) is 11.2. The highest BCUT2D eigenvalue weighted by atomic mass is 35.5. The Morgan fingerprint density at radius 1 is 0.818 bits per heavy atom. The van der Waals surface area contributed by atoms with Gasteiger partial charge in [0.15, 0.2) is 24.4 Å². The van der Waals surface area contributed by atoms with Gasteiger partial charge in [-0.2, -0.15) is 0 Å². The Hall–Kier alpha value is -1.08. The summed E-state index contributed by atoms with van der Waals surface area (Å²) in [7, 11) is -7.77. The molecular formula is C14H12Cl2O4S2. The first-order valence-corrected chi connectivity index (χ1v) is 10.2. The topological polar surface area (TPSA) is 68.3 Å².